The molecule has 2 aromatic carbocycles. The highest BCUT2D eigenvalue weighted by atomic mass is 79.9. The third-order valence-corrected chi connectivity index (χ3v) is 5.20. The minimum absolute atomic E-state index is 0.220. The molecule has 3 rings (SSSR count). The van der Waals surface area contributed by atoms with Crippen LogP contribution in [-0.2, 0) is 11.4 Å². The molecule has 2 amide bonds. The Morgan fingerprint density at radius 2 is 1.92 bits per heavy atom. The summed E-state index contributed by atoms with van der Waals surface area (Å²) in [7, 11) is 0. The summed E-state index contributed by atoms with van der Waals surface area (Å²) in [4.78, 5) is 25.7. The van der Waals surface area contributed by atoms with E-state index in [1.807, 2.05) is 48.5 Å². The fraction of sp³-hybridized carbons (Fsp3) is 0.100. The number of thioether (sulfide) groups is 1. The van der Waals surface area contributed by atoms with Gasteiger partial charge in [0.05, 0.1) is 9.38 Å². The van der Waals surface area contributed by atoms with Crippen molar-refractivity contribution in [3.63, 3.8) is 0 Å². The van der Waals surface area contributed by atoms with Crippen LogP contribution < -0.4 is 4.74 Å². The van der Waals surface area contributed by atoms with Gasteiger partial charge in [0.15, 0.2) is 0 Å². The Morgan fingerprint density at radius 1 is 1.15 bits per heavy atom. The van der Waals surface area contributed by atoms with Crippen LogP contribution in [0, 0.1) is 0 Å². The van der Waals surface area contributed by atoms with Crippen LogP contribution in [0.15, 0.2) is 70.6 Å². The molecule has 6 heteroatoms. The van der Waals surface area contributed by atoms with Crippen molar-refractivity contribution in [1.82, 2.24) is 4.90 Å². The molecule has 1 heterocycles. The molecule has 1 fully saturated rings. The maximum Gasteiger partial charge on any atom is 0.293 e. The molecular formula is C20H16BrNO3S. The maximum atomic E-state index is 12.3. The lowest BCUT2D eigenvalue weighted by atomic mass is 10.2. The van der Waals surface area contributed by atoms with Gasteiger partial charge in [0.25, 0.3) is 11.1 Å². The van der Waals surface area contributed by atoms with Crippen LogP contribution >= 0.6 is 27.7 Å². The Hall–Kier alpha value is -2.31. The molecule has 0 aromatic heterocycles. The molecule has 4 nitrogen and oxygen atoms in total. The Kier molecular flexibility index (Phi) is 5.96. The second-order valence-corrected chi connectivity index (χ2v) is 7.39. The van der Waals surface area contributed by atoms with E-state index < -0.39 is 0 Å². The van der Waals surface area contributed by atoms with Gasteiger partial charge in [0, 0.05) is 6.54 Å². The molecule has 26 heavy (non-hydrogen) atoms. The average Bonchev–Trinajstić information content (AvgIpc) is 2.90. The third-order valence-electron chi connectivity index (χ3n) is 3.68. The molecule has 1 aliphatic rings. The van der Waals surface area contributed by atoms with Crippen LogP contribution in [-0.4, -0.2) is 22.6 Å². The van der Waals surface area contributed by atoms with E-state index in [1.54, 1.807) is 6.08 Å². The molecule has 2 aromatic rings. The highest BCUT2D eigenvalue weighted by Crippen LogP contribution is 2.33. The molecule has 0 unspecified atom stereocenters. The van der Waals surface area contributed by atoms with Crippen molar-refractivity contribution in [2.45, 2.75) is 6.61 Å². The van der Waals surface area contributed by atoms with E-state index in [4.69, 9.17) is 4.74 Å². The zero-order valence-electron chi connectivity index (χ0n) is 13.9. The van der Waals surface area contributed by atoms with Crippen molar-refractivity contribution in [2.24, 2.45) is 0 Å². The van der Waals surface area contributed by atoms with E-state index in [9.17, 15) is 9.59 Å². The Labute approximate surface area is 164 Å². The number of hydrogen-bond acceptors (Lipinski definition) is 4. The lowest BCUT2D eigenvalue weighted by Gasteiger charge is -2.09. The number of halogens is 1. The number of ether oxygens (including phenoxy) is 1. The molecule has 0 aliphatic carbocycles. The predicted molar refractivity (Wildman–Crippen MR) is 108 cm³/mol. The van der Waals surface area contributed by atoms with Gasteiger partial charge in [-0.05, 0) is 57.0 Å². The SMILES string of the molecule is C=CCN1C(=O)S/C(=C/c2ccc(OCc3ccccc3)c(Br)c2)C1=O. The highest BCUT2D eigenvalue weighted by molar-refractivity contribution is 9.10. The predicted octanol–water partition coefficient (Wildman–Crippen LogP) is 5.25. The molecule has 0 bridgehead atoms. The van der Waals surface area contributed by atoms with Crippen molar-refractivity contribution >= 4 is 44.9 Å². The molecule has 0 spiro atoms. The smallest absolute Gasteiger partial charge is 0.293 e. The fourth-order valence-corrected chi connectivity index (χ4v) is 3.76. The van der Waals surface area contributed by atoms with Gasteiger partial charge in [0.1, 0.15) is 12.4 Å². The lowest BCUT2D eigenvalue weighted by Crippen LogP contribution is -2.27. The minimum atomic E-state index is -0.291. The van der Waals surface area contributed by atoms with E-state index >= 15 is 0 Å². The number of hydrogen-bond donors (Lipinski definition) is 0. The Bertz CT molecular complexity index is 880. The number of amides is 2. The number of benzene rings is 2. The first kappa shape index (κ1) is 18.5. The molecule has 0 radical (unpaired) electrons. The molecule has 0 atom stereocenters. The number of carbonyl (C=O) groups is 2. The number of rotatable bonds is 6. The van der Waals surface area contributed by atoms with E-state index in [2.05, 4.69) is 22.5 Å². The van der Waals surface area contributed by atoms with Crippen molar-refractivity contribution in [1.29, 1.82) is 0 Å². The second-order valence-electron chi connectivity index (χ2n) is 5.55. The van der Waals surface area contributed by atoms with Crippen molar-refractivity contribution < 1.29 is 14.3 Å². The zero-order valence-corrected chi connectivity index (χ0v) is 16.3. The van der Waals surface area contributed by atoms with Crippen LogP contribution in [0.25, 0.3) is 6.08 Å². The summed E-state index contributed by atoms with van der Waals surface area (Å²) in [5.41, 5.74) is 1.90. The van der Waals surface area contributed by atoms with Gasteiger partial charge in [-0.1, -0.05) is 42.5 Å². The third kappa shape index (κ3) is 4.26. The topological polar surface area (TPSA) is 46.6 Å². The second kappa shape index (κ2) is 8.38. The van der Waals surface area contributed by atoms with Crippen LogP contribution in [0.2, 0.25) is 0 Å². The van der Waals surface area contributed by atoms with Gasteiger partial charge < -0.3 is 4.74 Å². The van der Waals surface area contributed by atoms with Crippen LogP contribution in [0.1, 0.15) is 11.1 Å². The largest absolute Gasteiger partial charge is 0.488 e. The van der Waals surface area contributed by atoms with Gasteiger partial charge in [-0.3, -0.25) is 14.5 Å². The van der Waals surface area contributed by atoms with Crippen LogP contribution in [0.4, 0.5) is 4.79 Å². The molecular weight excluding hydrogens is 414 g/mol. The standard InChI is InChI=1S/C20H16BrNO3S/c1-2-10-22-19(23)18(26-20(22)24)12-15-8-9-17(16(21)11-15)25-13-14-6-4-3-5-7-14/h2-9,11-12H,1,10,13H2/b18-12+. The van der Waals surface area contributed by atoms with E-state index in [0.717, 1.165) is 27.4 Å². The van der Waals surface area contributed by atoms with Gasteiger partial charge in [0.2, 0.25) is 0 Å². The van der Waals surface area contributed by atoms with Gasteiger partial charge >= 0.3 is 0 Å². The summed E-state index contributed by atoms with van der Waals surface area (Å²) in [5.74, 6) is 0.422. The average molecular weight is 430 g/mol. The maximum absolute atomic E-state index is 12.3. The van der Waals surface area contributed by atoms with Gasteiger partial charge in [-0.2, -0.15) is 0 Å². The van der Waals surface area contributed by atoms with E-state index in [1.165, 1.54) is 11.0 Å². The molecule has 1 saturated heterocycles. The summed E-state index contributed by atoms with van der Waals surface area (Å²) < 4.78 is 6.61. The van der Waals surface area contributed by atoms with Gasteiger partial charge in [-0.25, -0.2) is 0 Å². The van der Waals surface area contributed by atoms with E-state index in [0.29, 0.717) is 17.3 Å². The fourth-order valence-electron chi connectivity index (χ4n) is 2.40. The summed E-state index contributed by atoms with van der Waals surface area (Å²) >= 11 is 4.44. The highest BCUT2D eigenvalue weighted by Gasteiger charge is 2.33. The summed E-state index contributed by atoms with van der Waals surface area (Å²) in [6, 6.07) is 15.5. The summed E-state index contributed by atoms with van der Waals surface area (Å²) in [6.07, 6.45) is 3.24. The summed E-state index contributed by atoms with van der Waals surface area (Å²) in [6.45, 7) is 4.26. The van der Waals surface area contributed by atoms with Crippen LogP contribution in [0.3, 0.4) is 0 Å². The summed E-state index contributed by atoms with van der Waals surface area (Å²) in [5, 5.41) is -0.275. The first-order valence-corrected chi connectivity index (χ1v) is 9.52. The first-order valence-electron chi connectivity index (χ1n) is 7.91. The quantitative estimate of drug-likeness (QED) is 0.464. The van der Waals surface area contributed by atoms with Gasteiger partial charge in [-0.15, -0.1) is 6.58 Å². The lowest BCUT2D eigenvalue weighted by molar-refractivity contribution is -0.122. The number of nitrogens with zero attached hydrogens (tertiary/aromatic N) is 1. The Morgan fingerprint density at radius 3 is 2.62 bits per heavy atom. The van der Waals surface area contributed by atoms with E-state index in [-0.39, 0.29) is 17.7 Å². The number of imide groups is 1. The monoisotopic (exact) mass is 429 g/mol. The molecule has 0 N–H and O–H groups in total. The first-order chi connectivity index (χ1) is 12.6. The molecule has 0 saturated carbocycles. The number of carbonyl (C=O) groups excluding carboxylic acids is 2. The normalized spacial score (nSPS) is 15.6. The zero-order chi connectivity index (χ0) is 18.5. The van der Waals surface area contributed by atoms with Crippen molar-refractivity contribution in [3.8, 4) is 5.75 Å². The van der Waals surface area contributed by atoms with Crippen LogP contribution in [0.5, 0.6) is 5.75 Å². The Balaban J connectivity index is 1.72. The molecule has 1 aliphatic heterocycles. The molecule has 132 valence electrons. The minimum Gasteiger partial charge on any atom is -0.488 e. The van der Waals surface area contributed by atoms with Crippen molar-refractivity contribution in [3.05, 3.63) is 81.7 Å². The van der Waals surface area contributed by atoms with Crippen molar-refractivity contribution in [2.75, 3.05) is 6.54 Å².